The Bertz CT molecular complexity index is 789. The second-order valence-electron chi connectivity index (χ2n) is 5.80. The van der Waals surface area contributed by atoms with Crippen molar-refractivity contribution in [2.45, 2.75) is 26.8 Å². The van der Waals surface area contributed by atoms with Gasteiger partial charge < -0.3 is 9.64 Å². The van der Waals surface area contributed by atoms with Gasteiger partial charge in [-0.15, -0.1) is 0 Å². The van der Waals surface area contributed by atoms with Crippen molar-refractivity contribution in [3.63, 3.8) is 0 Å². The lowest BCUT2D eigenvalue weighted by Crippen LogP contribution is -2.33. The summed E-state index contributed by atoms with van der Waals surface area (Å²) in [6.07, 6.45) is 0. The minimum absolute atomic E-state index is 0.0454. The Morgan fingerprint density at radius 1 is 1.28 bits per heavy atom. The molecule has 0 aliphatic rings. The number of carbonyl (C=O) groups excluding carboxylic acids is 1. The van der Waals surface area contributed by atoms with Crippen molar-refractivity contribution >= 4 is 11.6 Å². The van der Waals surface area contributed by atoms with Crippen LogP contribution in [-0.2, 0) is 0 Å². The number of nitrogens with zero attached hydrogens (tertiary/aromatic N) is 2. The number of ether oxygens (including phenoxy) is 1. The number of amides is 1. The minimum atomic E-state index is -0.464. The van der Waals surface area contributed by atoms with Gasteiger partial charge in [0.15, 0.2) is 0 Å². The Kier molecular flexibility index (Phi) is 5.75. The molecule has 0 aliphatic carbocycles. The van der Waals surface area contributed by atoms with Crippen molar-refractivity contribution in [1.82, 2.24) is 4.90 Å². The van der Waals surface area contributed by atoms with Crippen LogP contribution in [-0.4, -0.2) is 29.4 Å². The summed E-state index contributed by atoms with van der Waals surface area (Å²) in [6.45, 7) is 5.96. The van der Waals surface area contributed by atoms with Crippen LogP contribution in [0.25, 0.3) is 0 Å². The molecule has 1 atom stereocenters. The highest BCUT2D eigenvalue weighted by molar-refractivity contribution is 5.95. The fourth-order valence-electron chi connectivity index (χ4n) is 2.78. The Balaban J connectivity index is 2.34. The van der Waals surface area contributed by atoms with Crippen molar-refractivity contribution in [3.8, 4) is 5.75 Å². The number of rotatable bonds is 6. The van der Waals surface area contributed by atoms with Gasteiger partial charge in [0, 0.05) is 23.7 Å². The van der Waals surface area contributed by atoms with Crippen LogP contribution in [0.15, 0.2) is 42.5 Å². The SMILES string of the molecule is CCN(C(=O)c1ccc(C)c([N+](=O)[O-])c1)C(C)c1cccc(OC)c1. The second kappa shape index (κ2) is 7.79. The van der Waals surface area contributed by atoms with Gasteiger partial charge in [-0.3, -0.25) is 14.9 Å². The number of hydrogen-bond acceptors (Lipinski definition) is 4. The van der Waals surface area contributed by atoms with Crippen LogP contribution in [0.1, 0.15) is 41.4 Å². The first-order valence-electron chi connectivity index (χ1n) is 8.09. The van der Waals surface area contributed by atoms with Gasteiger partial charge in [-0.2, -0.15) is 0 Å². The topological polar surface area (TPSA) is 72.7 Å². The number of nitro groups is 1. The predicted octanol–water partition coefficient (Wildman–Crippen LogP) is 4.14. The van der Waals surface area contributed by atoms with E-state index in [2.05, 4.69) is 0 Å². The van der Waals surface area contributed by atoms with Crippen LogP contribution in [0, 0.1) is 17.0 Å². The highest BCUT2D eigenvalue weighted by Crippen LogP contribution is 2.27. The van der Waals surface area contributed by atoms with E-state index in [4.69, 9.17) is 4.74 Å². The molecule has 0 aromatic heterocycles. The van der Waals surface area contributed by atoms with Crippen LogP contribution < -0.4 is 4.74 Å². The average molecular weight is 342 g/mol. The van der Waals surface area contributed by atoms with Gasteiger partial charge in [0.2, 0.25) is 0 Å². The third-order valence-electron chi connectivity index (χ3n) is 4.30. The van der Waals surface area contributed by atoms with Gasteiger partial charge in [-0.25, -0.2) is 0 Å². The van der Waals surface area contributed by atoms with E-state index < -0.39 is 4.92 Å². The summed E-state index contributed by atoms with van der Waals surface area (Å²) in [4.78, 5) is 25.3. The first-order chi connectivity index (χ1) is 11.9. The molecule has 0 fully saturated rings. The summed E-state index contributed by atoms with van der Waals surface area (Å²) in [5, 5.41) is 11.1. The van der Waals surface area contributed by atoms with Crippen LogP contribution in [0.4, 0.5) is 5.69 Å². The molecule has 0 saturated heterocycles. The van der Waals surface area contributed by atoms with Gasteiger partial charge in [0.25, 0.3) is 11.6 Å². The maximum Gasteiger partial charge on any atom is 0.273 e. The molecular weight excluding hydrogens is 320 g/mol. The standard InChI is InChI=1S/C19H22N2O4/c1-5-20(14(3)15-7-6-8-17(11-15)25-4)19(22)16-10-9-13(2)18(12-16)21(23)24/h6-12,14H,5H2,1-4H3. The number of carbonyl (C=O) groups is 1. The molecule has 25 heavy (non-hydrogen) atoms. The van der Waals surface area contributed by atoms with E-state index in [0.29, 0.717) is 17.7 Å². The first-order valence-corrected chi connectivity index (χ1v) is 8.09. The van der Waals surface area contributed by atoms with Crippen molar-refractivity contribution in [3.05, 3.63) is 69.3 Å². The number of aryl methyl sites for hydroxylation is 1. The molecule has 6 heteroatoms. The molecule has 0 aliphatic heterocycles. The van der Waals surface area contributed by atoms with Gasteiger partial charge >= 0.3 is 0 Å². The monoisotopic (exact) mass is 342 g/mol. The van der Waals surface area contributed by atoms with Gasteiger partial charge in [-0.05, 0) is 44.5 Å². The molecule has 2 aromatic rings. The Labute approximate surface area is 147 Å². The molecule has 1 unspecified atom stereocenters. The summed E-state index contributed by atoms with van der Waals surface area (Å²) in [7, 11) is 1.60. The molecule has 2 rings (SSSR count). The molecule has 0 heterocycles. The molecule has 132 valence electrons. The molecule has 0 radical (unpaired) electrons. The third-order valence-corrected chi connectivity index (χ3v) is 4.30. The number of hydrogen-bond donors (Lipinski definition) is 0. The zero-order valence-corrected chi connectivity index (χ0v) is 14.9. The van der Waals surface area contributed by atoms with Gasteiger partial charge in [0.05, 0.1) is 18.1 Å². The average Bonchev–Trinajstić information content (AvgIpc) is 2.62. The lowest BCUT2D eigenvalue weighted by molar-refractivity contribution is -0.385. The first kappa shape index (κ1) is 18.4. The van der Waals surface area contributed by atoms with E-state index in [1.807, 2.05) is 38.1 Å². The maximum absolute atomic E-state index is 12.9. The zero-order valence-electron chi connectivity index (χ0n) is 14.9. The summed E-state index contributed by atoms with van der Waals surface area (Å²) >= 11 is 0. The van der Waals surface area contributed by atoms with Crippen molar-refractivity contribution in [2.75, 3.05) is 13.7 Å². The minimum Gasteiger partial charge on any atom is -0.497 e. The summed E-state index contributed by atoms with van der Waals surface area (Å²) in [6, 6.07) is 11.9. The van der Waals surface area contributed by atoms with Crippen LogP contribution >= 0.6 is 0 Å². The largest absolute Gasteiger partial charge is 0.497 e. The molecule has 1 amide bonds. The maximum atomic E-state index is 12.9. The van der Waals surface area contributed by atoms with E-state index in [1.165, 1.54) is 6.07 Å². The molecular formula is C19H22N2O4. The van der Waals surface area contributed by atoms with Crippen LogP contribution in [0.5, 0.6) is 5.75 Å². The number of nitro benzene ring substituents is 1. The number of methoxy groups -OCH3 is 1. The van der Waals surface area contributed by atoms with Crippen LogP contribution in [0.2, 0.25) is 0 Å². The van der Waals surface area contributed by atoms with E-state index >= 15 is 0 Å². The fourth-order valence-corrected chi connectivity index (χ4v) is 2.78. The van der Waals surface area contributed by atoms with E-state index in [9.17, 15) is 14.9 Å². The van der Waals surface area contributed by atoms with Crippen molar-refractivity contribution in [1.29, 1.82) is 0 Å². The van der Waals surface area contributed by atoms with E-state index in [0.717, 1.165) is 11.3 Å². The van der Waals surface area contributed by atoms with E-state index in [1.54, 1.807) is 31.1 Å². The second-order valence-corrected chi connectivity index (χ2v) is 5.80. The lowest BCUT2D eigenvalue weighted by atomic mass is 10.0. The fraction of sp³-hybridized carbons (Fsp3) is 0.316. The molecule has 0 spiro atoms. The predicted molar refractivity (Wildman–Crippen MR) is 96.0 cm³/mol. The highest BCUT2D eigenvalue weighted by Gasteiger charge is 2.23. The van der Waals surface area contributed by atoms with Gasteiger partial charge in [0.1, 0.15) is 5.75 Å². The third kappa shape index (κ3) is 3.96. The normalized spacial score (nSPS) is 11.7. The molecule has 6 nitrogen and oxygen atoms in total. The molecule has 0 bridgehead atoms. The zero-order chi connectivity index (χ0) is 18.6. The van der Waals surface area contributed by atoms with Crippen molar-refractivity contribution in [2.24, 2.45) is 0 Å². The lowest BCUT2D eigenvalue weighted by Gasteiger charge is -2.28. The smallest absolute Gasteiger partial charge is 0.273 e. The van der Waals surface area contributed by atoms with Gasteiger partial charge in [-0.1, -0.05) is 18.2 Å². The Hall–Kier alpha value is -2.89. The Morgan fingerprint density at radius 2 is 2.00 bits per heavy atom. The van der Waals surface area contributed by atoms with Crippen molar-refractivity contribution < 1.29 is 14.5 Å². The van der Waals surface area contributed by atoms with E-state index in [-0.39, 0.29) is 17.6 Å². The quantitative estimate of drug-likeness (QED) is 0.584. The molecule has 0 N–H and O–H groups in total. The summed E-state index contributed by atoms with van der Waals surface area (Å²) < 4.78 is 5.24. The van der Waals surface area contributed by atoms with Crippen LogP contribution in [0.3, 0.4) is 0 Å². The summed E-state index contributed by atoms with van der Waals surface area (Å²) in [5.41, 5.74) is 1.74. The molecule has 2 aromatic carbocycles. The highest BCUT2D eigenvalue weighted by atomic mass is 16.6. The number of benzene rings is 2. The Morgan fingerprint density at radius 3 is 2.60 bits per heavy atom. The summed E-state index contributed by atoms with van der Waals surface area (Å²) in [5.74, 6) is 0.486. The molecule has 0 saturated carbocycles.